The number of rotatable bonds is 5. The summed E-state index contributed by atoms with van der Waals surface area (Å²) in [4.78, 5) is 9.82. The van der Waals surface area contributed by atoms with Crippen LogP contribution >= 0.6 is 22.6 Å². The maximum Gasteiger partial charge on any atom is 0.143 e. The van der Waals surface area contributed by atoms with Crippen LogP contribution in [0.15, 0.2) is 0 Å². The molecule has 3 nitrogen and oxygen atoms in total. The van der Waals surface area contributed by atoms with E-state index in [-0.39, 0.29) is 0 Å². The molecule has 0 atom stereocenters. The molecule has 1 aromatic rings. The van der Waals surface area contributed by atoms with Crippen LogP contribution in [0.5, 0.6) is 0 Å². The third kappa shape index (κ3) is 2.95. The zero-order valence-electron chi connectivity index (χ0n) is 12.3. The van der Waals surface area contributed by atoms with Gasteiger partial charge in [0.25, 0.3) is 0 Å². The van der Waals surface area contributed by atoms with E-state index in [1.54, 1.807) is 0 Å². The maximum atomic E-state index is 4.99. The molecule has 3 rings (SSSR count). The molecule has 0 spiro atoms. The van der Waals surface area contributed by atoms with Crippen LogP contribution in [0, 0.1) is 3.57 Å². The third-order valence-corrected chi connectivity index (χ3v) is 5.71. The highest BCUT2D eigenvalue weighted by molar-refractivity contribution is 14.1. The van der Waals surface area contributed by atoms with Gasteiger partial charge in [0.1, 0.15) is 11.6 Å². The first-order chi connectivity index (χ1) is 9.79. The van der Waals surface area contributed by atoms with E-state index in [9.17, 15) is 0 Å². The fourth-order valence-electron chi connectivity index (χ4n) is 3.16. The summed E-state index contributed by atoms with van der Waals surface area (Å²) in [6.07, 6.45) is 10.4. The minimum absolute atomic E-state index is 0.620. The molecule has 0 aromatic carbocycles. The van der Waals surface area contributed by atoms with Crippen LogP contribution in [0.4, 0.5) is 5.82 Å². The molecule has 2 fully saturated rings. The molecule has 4 heteroatoms. The number of aromatic nitrogens is 2. The first-order valence-corrected chi connectivity index (χ1v) is 9.18. The molecule has 2 saturated carbocycles. The molecule has 0 unspecified atom stereocenters. The average Bonchev–Trinajstić information content (AvgIpc) is 2.90. The number of nitrogens with zero attached hydrogens (tertiary/aromatic N) is 2. The van der Waals surface area contributed by atoms with Gasteiger partial charge in [-0.15, -0.1) is 0 Å². The summed E-state index contributed by atoms with van der Waals surface area (Å²) in [5, 5.41) is 3.51. The molecule has 2 aliphatic rings. The number of nitrogens with one attached hydrogen (secondary N) is 1. The highest BCUT2D eigenvalue weighted by atomic mass is 127. The molecule has 1 heterocycles. The Labute approximate surface area is 135 Å². The van der Waals surface area contributed by atoms with Gasteiger partial charge in [-0.25, -0.2) is 9.97 Å². The Bertz CT molecular complexity index is 465. The smallest absolute Gasteiger partial charge is 0.143 e. The van der Waals surface area contributed by atoms with Crippen molar-refractivity contribution in [1.82, 2.24) is 9.97 Å². The van der Waals surface area contributed by atoms with Crippen molar-refractivity contribution < 1.29 is 0 Å². The van der Waals surface area contributed by atoms with Crippen LogP contribution in [0.2, 0.25) is 0 Å². The number of hydrogen-bond acceptors (Lipinski definition) is 3. The molecule has 0 radical (unpaired) electrons. The van der Waals surface area contributed by atoms with E-state index in [4.69, 9.17) is 9.97 Å². The topological polar surface area (TPSA) is 37.8 Å². The highest BCUT2D eigenvalue weighted by Gasteiger charge is 2.28. The summed E-state index contributed by atoms with van der Waals surface area (Å²) in [6.45, 7) is 3.20. The number of halogens is 1. The molecular weight excluding hydrogens is 361 g/mol. The van der Waals surface area contributed by atoms with Crippen molar-refractivity contribution in [2.75, 3.05) is 11.9 Å². The first-order valence-electron chi connectivity index (χ1n) is 8.10. The predicted octanol–water partition coefficient (Wildman–Crippen LogP) is 4.83. The monoisotopic (exact) mass is 385 g/mol. The zero-order valence-corrected chi connectivity index (χ0v) is 14.4. The van der Waals surface area contributed by atoms with Gasteiger partial charge in [0, 0.05) is 18.4 Å². The van der Waals surface area contributed by atoms with Crippen molar-refractivity contribution >= 4 is 28.4 Å². The van der Waals surface area contributed by atoms with Gasteiger partial charge < -0.3 is 5.32 Å². The summed E-state index contributed by atoms with van der Waals surface area (Å²) in [5.74, 6) is 3.49. The normalized spacial score (nSPS) is 20.1. The van der Waals surface area contributed by atoms with Gasteiger partial charge >= 0.3 is 0 Å². The Hall–Kier alpha value is -0.390. The van der Waals surface area contributed by atoms with Gasteiger partial charge in [-0.2, -0.15) is 0 Å². The molecule has 110 valence electrons. The quantitative estimate of drug-likeness (QED) is 0.738. The van der Waals surface area contributed by atoms with Gasteiger partial charge in [-0.3, -0.25) is 0 Å². The van der Waals surface area contributed by atoms with E-state index in [0.717, 1.165) is 24.6 Å². The van der Waals surface area contributed by atoms with Crippen molar-refractivity contribution in [2.24, 2.45) is 0 Å². The van der Waals surface area contributed by atoms with Gasteiger partial charge in [0.2, 0.25) is 0 Å². The van der Waals surface area contributed by atoms with E-state index in [0.29, 0.717) is 11.8 Å². The molecule has 20 heavy (non-hydrogen) atoms. The molecule has 0 aliphatic heterocycles. The molecule has 0 saturated heterocycles. The lowest BCUT2D eigenvalue weighted by Crippen LogP contribution is -2.18. The van der Waals surface area contributed by atoms with E-state index in [2.05, 4.69) is 34.8 Å². The first kappa shape index (κ1) is 14.5. The molecule has 1 aromatic heterocycles. The Morgan fingerprint density at radius 2 is 1.75 bits per heavy atom. The fraction of sp³-hybridized carbons (Fsp3) is 0.750. The standard InChI is InChI=1S/C16H24IN3/c1-2-10-18-16-13(17)14(11-6-3-4-7-11)19-15(20-16)12-8-5-9-12/h11-12H,2-10H2,1H3,(H,18,19,20). The van der Waals surface area contributed by atoms with E-state index >= 15 is 0 Å². The summed E-state index contributed by atoms with van der Waals surface area (Å²) in [6, 6.07) is 0. The van der Waals surface area contributed by atoms with Gasteiger partial charge in [0.05, 0.1) is 9.26 Å². The largest absolute Gasteiger partial charge is 0.369 e. The van der Waals surface area contributed by atoms with Crippen LogP contribution in [0.25, 0.3) is 0 Å². The van der Waals surface area contributed by atoms with Crippen LogP contribution < -0.4 is 5.32 Å². The van der Waals surface area contributed by atoms with Crippen molar-refractivity contribution in [3.05, 3.63) is 15.1 Å². The minimum atomic E-state index is 0.620. The third-order valence-electron chi connectivity index (χ3n) is 4.65. The molecule has 1 N–H and O–H groups in total. The lowest BCUT2D eigenvalue weighted by molar-refractivity contribution is 0.399. The van der Waals surface area contributed by atoms with Crippen molar-refractivity contribution in [3.63, 3.8) is 0 Å². The summed E-state index contributed by atoms with van der Waals surface area (Å²) < 4.78 is 1.27. The zero-order chi connectivity index (χ0) is 13.9. The van der Waals surface area contributed by atoms with Gasteiger partial charge in [-0.05, 0) is 54.7 Å². The lowest BCUT2D eigenvalue weighted by Gasteiger charge is -2.26. The second-order valence-corrected chi connectivity index (χ2v) is 7.24. The van der Waals surface area contributed by atoms with Crippen molar-refractivity contribution in [2.45, 2.75) is 70.1 Å². The van der Waals surface area contributed by atoms with Gasteiger partial charge in [-0.1, -0.05) is 26.2 Å². The Morgan fingerprint density at radius 1 is 1.05 bits per heavy atom. The second kappa shape index (κ2) is 6.58. The highest BCUT2D eigenvalue weighted by Crippen LogP contribution is 2.40. The minimum Gasteiger partial charge on any atom is -0.369 e. The van der Waals surface area contributed by atoms with Gasteiger partial charge in [0.15, 0.2) is 0 Å². The maximum absolute atomic E-state index is 4.99. The van der Waals surface area contributed by atoms with Crippen LogP contribution in [-0.4, -0.2) is 16.5 Å². The SMILES string of the molecule is CCCNc1nc(C2CCC2)nc(C2CCCC2)c1I. The number of hydrogen-bond donors (Lipinski definition) is 1. The van der Waals surface area contributed by atoms with Crippen LogP contribution in [0.3, 0.4) is 0 Å². The van der Waals surface area contributed by atoms with Crippen LogP contribution in [-0.2, 0) is 0 Å². The van der Waals surface area contributed by atoms with Crippen LogP contribution in [0.1, 0.15) is 81.6 Å². The fourth-order valence-corrected chi connectivity index (χ4v) is 4.03. The number of anilines is 1. The second-order valence-electron chi connectivity index (χ2n) is 6.17. The van der Waals surface area contributed by atoms with E-state index in [1.165, 1.54) is 54.2 Å². The Morgan fingerprint density at radius 3 is 2.35 bits per heavy atom. The Kier molecular flexibility index (Phi) is 4.79. The van der Waals surface area contributed by atoms with E-state index < -0.39 is 0 Å². The summed E-state index contributed by atoms with van der Waals surface area (Å²) in [5.41, 5.74) is 1.33. The van der Waals surface area contributed by atoms with Crippen molar-refractivity contribution in [1.29, 1.82) is 0 Å². The summed E-state index contributed by atoms with van der Waals surface area (Å²) >= 11 is 2.45. The average molecular weight is 385 g/mol. The van der Waals surface area contributed by atoms with Crippen molar-refractivity contribution in [3.8, 4) is 0 Å². The van der Waals surface area contributed by atoms with E-state index in [1.807, 2.05) is 0 Å². The molecule has 0 amide bonds. The predicted molar refractivity (Wildman–Crippen MR) is 91.3 cm³/mol. The molecule has 2 aliphatic carbocycles. The Balaban J connectivity index is 1.92. The molecule has 0 bridgehead atoms. The molecular formula is C16H24IN3. The summed E-state index contributed by atoms with van der Waals surface area (Å²) in [7, 11) is 0. The lowest BCUT2D eigenvalue weighted by atomic mass is 9.84.